The topological polar surface area (TPSA) is 96.3 Å². The number of hydrogen-bond donors (Lipinski definition) is 3. The lowest BCUT2D eigenvalue weighted by Gasteiger charge is -2.16. The van der Waals surface area contributed by atoms with Crippen molar-refractivity contribution in [2.75, 3.05) is 10.6 Å². The molecule has 3 aromatic heterocycles. The van der Waals surface area contributed by atoms with Crippen LogP contribution >= 0.6 is 0 Å². The fourth-order valence-corrected chi connectivity index (χ4v) is 3.50. The standard InChI is InChI=1S/C18H18N8/c1-26-10-15(24-25-26)21-18-22-16-13(8-9-19-16)17(23-18)20-14-7-6-11-4-2-3-5-12(11)14/h2-5,8-10,14H,6-7H2,1H3,(H3,19,20,21,22,23)/t14-/m1/s1. The van der Waals surface area contributed by atoms with E-state index in [1.54, 1.807) is 10.9 Å². The quantitative estimate of drug-likeness (QED) is 0.526. The number of anilines is 3. The predicted molar refractivity (Wildman–Crippen MR) is 99.3 cm³/mol. The molecule has 0 amide bonds. The van der Waals surface area contributed by atoms with Crippen LogP contribution in [-0.4, -0.2) is 29.9 Å². The molecule has 8 nitrogen and oxygen atoms in total. The minimum absolute atomic E-state index is 0.253. The molecule has 0 bridgehead atoms. The lowest BCUT2D eigenvalue weighted by atomic mass is 10.1. The summed E-state index contributed by atoms with van der Waals surface area (Å²) in [5.74, 6) is 1.90. The Labute approximate surface area is 149 Å². The van der Waals surface area contributed by atoms with Crippen LogP contribution in [0.2, 0.25) is 0 Å². The van der Waals surface area contributed by atoms with Crippen molar-refractivity contribution < 1.29 is 0 Å². The molecule has 8 heteroatoms. The molecule has 1 aliphatic carbocycles. The summed E-state index contributed by atoms with van der Waals surface area (Å²) in [5.41, 5.74) is 3.53. The summed E-state index contributed by atoms with van der Waals surface area (Å²) in [6.07, 6.45) is 5.80. The number of fused-ring (bicyclic) bond motifs is 2. The van der Waals surface area contributed by atoms with Crippen molar-refractivity contribution >= 4 is 28.6 Å². The molecule has 1 atom stereocenters. The molecule has 26 heavy (non-hydrogen) atoms. The predicted octanol–water partition coefficient (Wildman–Crippen LogP) is 2.93. The molecule has 0 radical (unpaired) electrons. The summed E-state index contributed by atoms with van der Waals surface area (Å²) in [4.78, 5) is 12.4. The highest BCUT2D eigenvalue weighted by Crippen LogP contribution is 2.35. The third kappa shape index (κ3) is 2.55. The SMILES string of the molecule is Cn1cc(Nc2nc(N[C@@H]3CCc4ccccc43)c3cc[nH]c3n2)nn1. The minimum Gasteiger partial charge on any atom is -0.363 e. The van der Waals surface area contributed by atoms with Crippen molar-refractivity contribution in [3.05, 3.63) is 53.9 Å². The Kier molecular flexibility index (Phi) is 3.34. The molecule has 4 aromatic rings. The van der Waals surface area contributed by atoms with E-state index in [1.807, 2.05) is 19.3 Å². The number of H-pyrrole nitrogens is 1. The van der Waals surface area contributed by atoms with E-state index in [1.165, 1.54) is 11.1 Å². The lowest BCUT2D eigenvalue weighted by molar-refractivity contribution is 0.715. The molecule has 1 aliphatic rings. The fraction of sp³-hybridized carbons (Fsp3) is 0.222. The monoisotopic (exact) mass is 346 g/mol. The van der Waals surface area contributed by atoms with Crippen LogP contribution in [0.15, 0.2) is 42.7 Å². The number of nitrogens with one attached hydrogen (secondary N) is 3. The van der Waals surface area contributed by atoms with Crippen molar-refractivity contribution in [2.24, 2.45) is 7.05 Å². The van der Waals surface area contributed by atoms with Crippen LogP contribution < -0.4 is 10.6 Å². The van der Waals surface area contributed by atoms with Crippen LogP contribution in [0.3, 0.4) is 0 Å². The Morgan fingerprint density at radius 1 is 1.19 bits per heavy atom. The van der Waals surface area contributed by atoms with Crippen LogP contribution in [0.25, 0.3) is 11.0 Å². The number of aromatic nitrogens is 6. The molecule has 0 spiro atoms. The normalized spacial score (nSPS) is 16.0. The minimum atomic E-state index is 0.253. The van der Waals surface area contributed by atoms with Gasteiger partial charge in [0.05, 0.1) is 17.6 Å². The first-order valence-corrected chi connectivity index (χ1v) is 8.59. The summed E-state index contributed by atoms with van der Waals surface area (Å²) in [7, 11) is 1.82. The number of rotatable bonds is 4. The summed E-state index contributed by atoms with van der Waals surface area (Å²) >= 11 is 0. The van der Waals surface area contributed by atoms with Gasteiger partial charge in [-0.1, -0.05) is 29.5 Å². The van der Waals surface area contributed by atoms with Gasteiger partial charge in [0.25, 0.3) is 0 Å². The van der Waals surface area contributed by atoms with E-state index in [2.05, 4.69) is 60.2 Å². The Morgan fingerprint density at radius 2 is 2.12 bits per heavy atom. The molecular formula is C18H18N8. The van der Waals surface area contributed by atoms with Gasteiger partial charge in [-0.15, -0.1) is 5.10 Å². The maximum atomic E-state index is 4.68. The average molecular weight is 346 g/mol. The second-order valence-corrected chi connectivity index (χ2v) is 6.47. The molecule has 0 unspecified atom stereocenters. The number of aryl methyl sites for hydroxylation is 2. The lowest BCUT2D eigenvalue weighted by Crippen LogP contribution is -2.10. The highest BCUT2D eigenvalue weighted by atomic mass is 15.4. The zero-order chi connectivity index (χ0) is 17.5. The second-order valence-electron chi connectivity index (χ2n) is 6.47. The molecule has 0 fully saturated rings. The molecule has 5 rings (SSSR count). The van der Waals surface area contributed by atoms with Gasteiger partial charge in [-0.05, 0) is 30.0 Å². The third-order valence-corrected chi connectivity index (χ3v) is 4.70. The van der Waals surface area contributed by atoms with Gasteiger partial charge in [-0.25, -0.2) is 0 Å². The van der Waals surface area contributed by atoms with Crippen LogP contribution in [0, 0.1) is 0 Å². The fourth-order valence-electron chi connectivity index (χ4n) is 3.50. The summed E-state index contributed by atoms with van der Waals surface area (Å²) in [6, 6.07) is 10.8. The smallest absolute Gasteiger partial charge is 0.232 e. The zero-order valence-corrected chi connectivity index (χ0v) is 14.3. The van der Waals surface area contributed by atoms with E-state index < -0.39 is 0 Å². The van der Waals surface area contributed by atoms with Gasteiger partial charge in [-0.2, -0.15) is 9.97 Å². The van der Waals surface area contributed by atoms with Crippen LogP contribution in [0.1, 0.15) is 23.6 Å². The molecular weight excluding hydrogens is 328 g/mol. The molecule has 0 aliphatic heterocycles. The number of aromatic amines is 1. The van der Waals surface area contributed by atoms with Crippen LogP contribution in [0.4, 0.5) is 17.6 Å². The Balaban J connectivity index is 1.50. The number of nitrogens with zero attached hydrogens (tertiary/aromatic N) is 5. The van der Waals surface area contributed by atoms with Gasteiger partial charge < -0.3 is 15.6 Å². The van der Waals surface area contributed by atoms with Gasteiger partial charge in [-0.3, -0.25) is 4.68 Å². The van der Waals surface area contributed by atoms with Gasteiger partial charge in [0.2, 0.25) is 5.95 Å². The van der Waals surface area contributed by atoms with E-state index in [9.17, 15) is 0 Å². The first-order valence-electron chi connectivity index (χ1n) is 8.59. The molecule has 130 valence electrons. The van der Waals surface area contributed by atoms with Crippen molar-refractivity contribution in [3.63, 3.8) is 0 Å². The van der Waals surface area contributed by atoms with Crippen molar-refractivity contribution in [1.29, 1.82) is 0 Å². The second kappa shape index (κ2) is 5.83. The molecule has 0 saturated heterocycles. The van der Waals surface area contributed by atoms with Gasteiger partial charge >= 0.3 is 0 Å². The van der Waals surface area contributed by atoms with Crippen LogP contribution in [0.5, 0.6) is 0 Å². The number of hydrogen-bond acceptors (Lipinski definition) is 6. The van der Waals surface area contributed by atoms with E-state index >= 15 is 0 Å². The third-order valence-electron chi connectivity index (χ3n) is 4.70. The molecule has 0 saturated carbocycles. The summed E-state index contributed by atoms with van der Waals surface area (Å²) < 4.78 is 1.63. The molecule has 3 heterocycles. The van der Waals surface area contributed by atoms with Crippen molar-refractivity contribution in [1.82, 2.24) is 29.9 Å². The van der Waals surface area contributed by atoms with Gasteiger partial charge in [0.1, 0.15) is 11.5 Å². The van der Waals surface area contributed by atoms with Gasteiger partial charge in [0.15, 0.2) is 5.82 Å². The zero-order valence-electron chi connectivity index (χ0n) is 14.3. The largest absolute Gasteiger partial charge is 0.363 e. The first kappa shape index (κ1) is 14.9. The average Bonchev–Trinajstić information content (AvgIpc) is 3.36. The van der Waals surface area contributed by atoms with E-state index in [-0.39, 0.29) is 6.04 Å². The maximum Gasteiger partial charge on any atom is 0.232 e. The maximum absolute atomic E-state index is 4.68. The van der Waals surface area contributed by atoms with E-state index in [4.69, 9.17) is 0 Å². The molecule has 1 aromatic carbocycles. The Bertz CT molecular complexity index is 1080. The highest BCUT2D eigenvalue weighted by molar-refractivity contribution is 5.88. The van der Waals surface area contributed by atoms with Crippen molar-refractivity contribution in [2.45, 2.75) is 18.9 Å². The number of benzene rings is 1. The molecule has 3 N–H and O–H groups in total. The first-order chi connectivity index (χ1) is 12.8. The van der Waals surface area contributed by atoms with Gasteiger partial charge in [0, 0.05) is 13.2 Å². The summed E-state index contributed by atoms with van der Waals surface area (Å²) in [6.45, 7) is 0. The van der Waals surface area contributed by atoms with Crippen molar-refractivity contribution in [3.8, 4) is 0 Å². The highest BCUT2D eigenvalue weighted by Gasteiger charge is 2.23. The Hall–Kier alpha value is -3.42. The van der Waals surface area contributed by atoms with E-state index in [0.717, 1.165) is 29.7 Å². The Morgan fingerprint density at radius 3 is 3.00 bits per heavy atom. The van der Waals surface area contributed by atoms with E-state index in [0.29, 0.717) is 11.8 Å². The summed E-state index contributed by atoms with van der Waals surface area (Å²) in [5, 5.41) is 15.6. The van der Waals surface area contributed by atoms with Crippen LogP contribution in [-0.2, 0) is 13.5 Å².